The molecule has 8 nitrogen and oxygen atoms in total. The van der Waals surface area contributed by atoms with Gasteiger partial charge in [-0.05, 0) is 69.2 Å². The van der Waals surface area contributed by atoms with Crippen molar-refractivity contribution in [1.82, 2.24) is 14.8 Å². The van der Waals surface area contributed by atoms with Crippen molar-refractivity contribution in [3.8, 4) is 11.1 Å². The Bertz CT molecular complexity index is 1690. The molecule has 1 aliphatic carbocycles. The summed E-state index contributed by atoms with van der Waals surface area (Å²) in [6.07, 6.45) is 3.11. The summed E-state index contributed by atoms with van der Waals surface area (Å²) in [5, 5.41) is 6.57. The second-order valence-electron chi connectivity index (χ2n) is 10.5. The minimum atomic E-state index is -3.77. The van der Waals surface area contributed by atoms with Gasteiger partial charge < -0.3 is 4.74 Å². The van der Waals surface area contributed by atoms with Gasteiger partial charge in [0.05, 0.1) is 28.1 Å². The van der Waals surface area contributed by atoms with Gasteiger partial charge in [-0.25, -0.2) is 27.0 Å². The van der Waals surface area contributed by atoms with Gasteiger partial charge in [-0.1, -0.05) is 19.1 Å². The van der Waals surface area contributed by atoms with Crippen molar-refractivity contribution in [2.75, 3.05) is 10.5 Å². The lowest BCUT2D eigenvalue weighted by Gasteiger charge is -2.18. The van der Waals surface area contributed by atoms with Crippen LogP contribution in [0.15, 0.2) is 36.5 Å². The minimum absolute atomic E-state index is 0.183. The second-order valence-corrected chi connectivity index (χ2v) is 12.4. The maximum absolute atomic E-state index is 15.4. The third-order valence-electron chi connectivity index (χ3n) is 6.18. The Morgan fingerprint density at radius 3 is 2.58 bits per heavy atom. The lowest BCUT2D eigenvalue weighted by molar-refractivity contribution is 0.0521. The first kappa shape index (κ1) is 26.0. The van der Waals surface area contributed by atoms with E-state index in [0.717, 1.165) is 36.1 Å². The van der Waals surface area contributed by atoms with Crippen LogP contribution in [0.1, 0.15) is 58.6 Å². The first-order valence-corrected chi connectivity index (χ1v) is 14.1. The summed E-state index contributed by atoms with van der Waals surface area (Å²) in [6, 6.07) is 6.98. The summed E-state index contributed by atoms with van der Waals surface area (Å²) in [7, 11) is -3.77. The van der Waals surface area contributed by atoms with Gasteiger partial charge in [-0.3, -0.25) is 4.72 Å². The molecule has 0 aliphatic heterocycles. The molecule has 2 heterocycles. The number of benzene rings is 2. The summed E-state index contributed by atoms with van der Waals surface area (Å²) in [4.78, 5) is 17.3. The number of carbonyl (C=O) groups is 1. The lowest BCUT2D eigenvalue weighted by Crippen LogP contribution is -2.28. The number of fused-ring (bicyclic) bond motifs is 3. The first-order chi connectivity index (χ1) is 17.9. The Kier molecular flexibility index (Phi) is 6.37. The molecule has 0 saturated heterocycles. The molecule has 1 saturated carbocycles. The number of rotatable bonds is 6. The van der Waals surface area contributed by atoms with Crippen LogP contribution in [0.2, 0.25) is 0 Å². The van der Waals surface area contributed by atoms with E-state index in [-0.39, 0.29) is 28.5 Å². The van der Waals surface area contributed by atoms with Gasteiger partial charge in [0.2, 0.25) is 10.0 Å². The largest absolute Gasteiger partial charge is 0.442 e. The number of aromatic nitrogens is 3. The van der Waals surface area contributed by atoms with E-state index in [2.05, 4.69) is 14.8 Å². The van der Waals surface area contributed by atoms with Crippen molar-refractivity contribution in [2.24, 2.45) is 0 Å². The minimum Gasteiger partial charge on any atom is -0.442 e. The molecule has 1 aliphatic rings. The molecule has 200 valence electrons. The van der Waals surface area contributed by atoms with Gasteiger partial charge >= 0.3 is 6.09 Å². The summed E-state index contributed by atoms with van der Waals surface area (Å²) in [5.74, 6) is -1.83. The maximum Gasteiger partial charge on any atom is 0.437 e. The normalized spacial score (nSPS) is 14.3. The molecule has 0 radical (unpaired) electrons. The van der Waals surface area contributed by atoms with E-state index in [1.165, 1.54) is 10.9 Å². The third-order valence-corrected chi connectivity index (χ3v) is 7.66. The molecule has 1 N–H and O–H groups in total. The number of ether oxygens (including phenoxy) is 1. The van der Waals surface area contributed by atoms with E-state index < -0.39 is 33.4 Å². The van der Waals surface area contributed by atoms with E-state index >= 15 is 4.39 Å². The quantitative estimate of drug-likeness (QED) is 0.305. The molecule has 0 bridgehead atoms. The highest BCUT2D eigenvalue weighted by Crippen LogP contribution is 2.44. The van der Waals surface area contributed by atoms with Gasteiger partial charge in [-0.15, -0.1) is 4.68 Å². The number of anilines is 1. The molecule has 4 aromatic rings. The summed E-state index contributed by atoms with van der Waals surface area (Å²) < 4.78 is 63.5. The van der Waals surface area contributed by atoms with Gasteiger partial charge in [0.15, 0.2) is 11.5 Å². The molecule has 1 fully saturated rings. The van der Waals surface area contributed by atoms with Crippen LogP contribution in [0.3, 0.4) is 0 Å². The third kappa shape index (κ3) is 4.94. The van der Waals surface area contributed by atoms with E-state index in [1.807, 2.05) is 0 Å². The fourth-order valence-electron chi connectivity index (χ4n) is 4.44. The molecule has 2 aromatic carbocycles. The molecule has 2 aromatic heterocycles. The van der Waals surface area contributed by atoms with E-state index in [0.29, 0.717) is 22.8 Å². The van der Waals surface area contributed by atoms with Crippen LogP contribution in [-0.2, 0) is 14.8 Å². The number of hydrogen-bond acceptors (Lipinski definition) is 6. The van der Waals surface area contributed by atoms with Gasteiger partial charge in [-0.2, -0.15) is 5.10 Å². The predicted octanol–water partition coefficient (Wildman–Crippen LogP) is 6.34. The van der Waals surface area contributed by atoms with E-state index in [4.69, 9.17) is 4.74 Å². The highest BCUT2D eigenvalue weighted by atomic mass is 32.2. The molecule has 0 spiro atoms. The van der Waals surface area contributed by atoms with Crippen LogP contribution in [0.5, 0.6) is 0 Å². The number of nitrogens with zero attached hydrogens (tertiary/aromatic N) is 3. The maximum atomic E-state index is 15.4. The van der Waals surface area contributed by atoms with Crippen LogP contribution in [0.4, 0.5) is 19.3 Å². The molecule has 11 heteroatoms. The number of nitrogens with one attached hydrogen (secondary N) is 1. The SMILES string of the molecule is CCCS(=O)(=O)Nc1ccc(F)c(-c2ccc3c(cnc4c3c(C3CC3)nn4C(=O)OC(C)(C)C)c2)c1F. The van der Waals surface area contributed by atoms with E-state index in [9.17, 15) is 17.6 Å². The fourth-order valence-corrected chi connectivity index (χ4v) is 5.58. The number of hydrogen-bond donors (Lipinski definition) is 1. The van der Waals surface area contributed by atoms with Crippen molar-refractivity contribution in [1.29, 1.82) is 0 Å². The van der Waals surface area contributed by atoms with Crippen molar-refractivity contribution < 1.29 is 26.7 Å². The fraction of sp³-hybridized carbons (Fsp3) is 0.370. The van der Waals surface area contributed by atoms with Crippen LogP contribution >= 0.6 is 0 Å². The number of halogens is 2. The van der Waals surface area contributed by atoms with E-state index in [1.54, 1.807) is 45.9 Å². The van der Waals surface area contributed by atoms with Gasteiger partial charge in [0, 0.05) is 17.5 Å². The summed E-state index contributed by atoms with van der Waals surface area (Å²) >= 11 is 0. The molecule has 0 atom stereocenters. The zero-order valence-corrected chi connectivity index (χ0v) is 22.3. The van der Waals surface area contributed by atoms with Crippen molar-refractivity contribution >= 4 is 43.6 Å². The van der Waals surface area contributed by atoms with Crippen LogP contribution < -0.4 is 4.72 Å². The van der Waals surface area contributed by atoms with Crippen LogP contribution in [0.25, 0.3) is 32.9 Å². The number of carbonyl (C=O) groups excluding carboxylic acids is 1. The standard InChI is InChI=1S/C27H28F2N4O4S/c1-5-12-38(35,36)32-20-11-10-19(28)21(23(20)29)16-8-9-18-17(13-16)14-30-25-22(18)24(15-6-7-15)31-33(25)26(34)37-27(2,3)4/h8-11,13-15,32H,5-7,12H2,1-4H3. The molecule has 0 unspecified atom stereocenters. The summed E-state index contributed by atoms with van der Waals surface area (Å²) in [6.45, 7) is 7.00. The first-order valence-electron chi connectivity index (χ1n) is 12.4. The van der Waals surface area contributed by atoms with Crippen molar-refractivity contribution in [2.45, 2.75) is 58.5 Å². The monoisotopic (exact) mass is 542 g/mol. The average molecular weight is 543 g/mol. The summed E-state index contributed by atoms with van der Waals surface area (Å²) in [5.41, 5.74) is -0.0761. The number of sulfonamides is 1. The molecular formula is C27H28F2N4O4S. The molecule has 38 heavy (non-hydrogen) atoms. The zero-order valence-electron chi connectivity index (χ0n) is 21.5. The zero-order chi connectivity index (χ0) is 27.4. The van der Waals surface area contributed by atoms with Crippen LogP contribution in [0, 0.1) is 11.6 Å². The Morgan fingerprint density at radius 2 is 1.92 bits per heavy atom. The Hall–Kier alpha value is -3.60. The lowest BCUT2D eigenvalue weighted by atomic mass is 9.98. The average Bonchev–Trinajstić information content (AvgIpc) is 3.59. The Balaban J connectivity index is 1.63. The topological polar surface area (TPSA) is 103 Å². The molecule has 5 rings (SSSR count). The van der Waals surface area contributed by atoms with Crippen LogP contribution in [-0.4, -0.2) is 40.6 Å². The predicted molar refractivity (Wildman–Crippen MR) is 142 cm³/mol. The highest BCUT2D eigenvalue weighted by Gasteiger charge is 2.33. The Labute approximate surface area is 219 Å². The molecular weight excluding hydrogens is 514 g/mol. The Morgan fingerprint density at radius 1 is 1.18 bits per heavy atom. The second kappa shape index (κ2) is 9.30. The number of pyridine rings is 1. The smallest absolute Gasteiger partial charge is 0.437 e. The highest BCUT2D eigenvalue weighted by molar-refractivity contribution is 7.92. The van der Waals surface area contributed by atoms with Crippen molar-refractivity contribution in [3.05, 3.63) is 53.9 Å². The van der Waals surface area contributed by atoms with Gasteiger partial charge in [0.1, 0.15) is 11.4 Å². The van der Waals surface area contributed by atoms with Crippen molar-refractivity contribution in [3.63, 3.8) is 0 Å². The molecule has 0 amide bonds. The van der Waals surface area contributed by atoms with Gasteiger partial charge in [0.25, 0.3) is 0 Å².